The molecule has 0 bridgehead atoms. The van der Waals surface area contributed by atoms with E-state index in [1.807, 2.05) is 0 Å². The standard InChI is InChI=1S/C20H16N4O6/c25-20-19(14-7-2-4-9-17(14)24(28)29)15(12-18(30-20)22-11-5-10-21-22)13-6-1-3-8-16(13)23(26)27/h1-11,15,18-19H,12H2/t15-,18+,19-/m0/s1. The second-order valence-corrected chi connectivity index (χ2v) is 6.83. The number of esters is 1. The number of hydrogen-bond donors (Lipinski definition) is 0. The molecule has 0 saturated carbocycles. The molecule has 3 atom stereocenters. The van der Waals surface area contributed by atoms with Gasteiger partial charge in [0.05, 0.1) is 15.8 Å². The van der Waals surface area contributed by atoms with Gasteiger partial charge < -0.3 is 4.74 Å². The Morgan fingerprint density at radius 3 is 2.13 bits per heavy atom. The first-order valence-corrected chi connectivity index (χ1v) is 9.13. The molecular formula is C20H16N4O6. The van der Waals surface area contributed by atoms with E-state index in [1.54, 1.807) is 30.5 Å². The highest BCUT2D eigenvalue weighted by Crippen LogP contribution is 2.48. The van der Waals surface area contributed by atoms with Crippen LogP contribution >= 0.6 is 0 Å². The van der Waals surface area contributed by atoms with Gasteiger partial charge in [0, 0.05) is 48.0 Å². The highest BCUT2D eigenvalue weighted by Gasteiger charge is 2.45. The number of ether oxygens (including phenoxy) is 1. The summed E-state index contributed by atoms with van der Waals surface area (Å²) >= 11 is 0. The fourth-order valence-corrected chi connectivity index (χ4v) is 3.92. The maximum absolute atomic E-state index is 13.1. The van der Waals surface area contributed by atoms with Crippen LogP contribution in [0.25, 0.3) is 0 Å². The zero-order valence-corrected chi connectivity index (χ0v) is 15.5. The molecular weight excluding hydrogens is 392 g/mol. The van der Waals surface area contributed by atoms with Crippen LogP contribution in [-0.4, -0.2) is 25.6 Å². The Balaban J connectivity index is 1.87. The maximum Gasteiger partial charge on any atom is 0.316 e. The molecule has 0 amide bonds. The monoisotopic (exact) mass is 408 g/mol. The summed E-state index contributed by atoms with van der Waals surface area (Å²) in [5.41, 5.74) is 0.0922. The van der Waals surface area contributed by atoms with Crippen molar-refractivity contribution < 1.29 is 19.4 Å². The molecule has 10 nitrogen and oxygen atoms in total. The third kappa shape index (κ3) is 3.39. The first-order chi connectivity index (χ1) is 14.5. The van der Waals surface area contributed by atoms with Gasteiger partial charge in [-0.05, 0) is 6.07 Å². The van der Waals surface area contributed by atoms with Gasteiger partial charge in [-0.3, -0.25) is 25.0 Å². The SMILES string of the molecule is O=C1O[C@@H](n2cccn2)C[C@@H](c2ccccc2[N+](=O)[O-])[C@@H]1c1ccccc1[N+](=O)[O-]. The smallest absolute Gasteiger partial charge is 0.316 e. The van der Waals surface area contributed by atoms with Crippen molar-refractivity contribution in [3.05, 3.63) is 98.3 Å². The summed E-state index contributed by atoms with van der Waals surface area (Å²) in [6.45, 7) is 0. The summed E-state index contributed by atoms with van der Waals surface area (Å²) in [7, 11) is 0. The number of aromatic nitrogens is 2. The molecule has 2 aromatic carbocycles. The molecule has 3 aromatic rings. The van der Waals surface area contributed by atoms with E-state index in [9.17, 15) is 25.0 Å². The minimum Gasteiger partial charge on any atom is -0.439 e. The molecule has 0 unspecified atom stereocenters. The maximum atomic E-state index is 13.1. The number of rotatable bonds is 5. The Hall–Kier alpha value is -4.08. The van der Waals surface area contributed by atoms with Crippen molar-refractivity contribution in [3.63, 3.8) is 0 Å². The lowest BCUT2D eigenvalue weighted by molar-refractivity contribution is -0.386. The van der Waals surface area contributed by atoms with Crippen LogP contribution in [-0.2, 0) is 9.53 Å². The van der Waals surface area contributed by atoms with Crippen LogP contribution in [0.1, 0.15) is 35.6 Å². The number of nitrogens with zero attached hydrogens (tertiary/aromatic N) is 4. The molecule has 1 aliphatic rings. The fourth-order valence-electron chi connectivity index (χ4n) is 3.92. The van der Waals surface area contributed by atoms with Crippen LogP contribution in [0.5, 0.6) is 0 Å². The van der Waals surface area contributed by atoms with Crippen LogP contribution < -0.4 is 0 Å². The molecule has 0 spiro atoms. The van der Waals surface area contributed by atoms with E-state index in [2.05, 4.69) is 5.10 Å². The van der Waals surface area contributed by atoms with Crippen LogP contribution in [0.4, 0.5) is 11.4 Å². The molecule has 0 radical (unpaired) electrons. The van der Waals surface area contributed by atoms with Gasteiger partial charge in [-0.15, -0.1) is 0 Å². The summed E-state index contributed by atoms with van der Waals surface area (Å²) in [4.78, 5) is 35.2. The van der Waals surface area contributed by atoms with Gasteiger partial charge >= 0.3 is 5.97 Å². The predicted octanol–water partition coefficient (Wildman–Crippen LogP) is 3.71. The van der Waals surface area contributed by atoms with Gasteiger partial charge in [0.2, 0.25) is 0 Å². The highest BCUT2D eigenvalue weighted by molar-refractivity contribution is 5.82. The number of para-hydroxylation sites is 2. The number of carbonyl (C=O) groups is 1. The van der Waals surface area contributed by atoms with Gasteiger partial charge in [-0.1, -0.05) is 36.4 Å². The lowest BCUT2D eigenvalue weighted by Gasteiger charge is -2.35. The summed E-state index contributed by atoms with van der Waals surface area (Å²) in [6, 6.07) is 13.7. The first kappa shape index (κ1) is 19.2. The van der Waals surface area contributed by atoms with Crippen LogP contribution in [0, 0.1) is 20.2 Å². The van der Waals surface area contributed by atoms with Gasteiger partial charge in [-0.25, -0.2) is 4.68 Å². The van der Waals surface area contributed by atoms with E-state index >= 15 is 0 Å². The molecule has 2 heterocycles. The van der Waals surface area contributed by atoms with Gasteiger partial charge in [-0.2, -0.15) is 5.10 Å². The Kier molecular flexibility index (Phi) is 4.97. The normalized spacial score (nSPS) is 21.1. The number of hydrogen-bond acceptors (Lipinski definition) is 7. The number of carbonyl (C=O) groups excluding carboxylic acids is 1. The summed E-state index contributed by atoms with van der Waals surface area (Å²) in [6.07, 6.45) is 2.55. The third-order valence-electron chi connectivity index (χ3n) is 5.19. The van der Waals surface area contributed by atoms with Crippen LogP contribution in [0.3, 0.4) is 0 Å². The van der Waals surface area contributed by atoms with Gasteiger partial charge in [0.15, 0.2) is 6.23 Å². The molecule has 0 N–H and O–H groups in total. The van der Waals surface area contributed by atoms with E-state index in [0.29, 0.717) is 5.56 Å². The number of nitro benzene ring substituents is 2. The summed E-state index contributed by atoms with van der Waals surface area (Å²) in [5.74, 6) is -2.48. The van der Waals surface area contributed by atoms with E-state index in [1.165, 1.54) is 41.2 Å². The molecule has 1 fully saturated rings. The second kappa shape index (κ2) is 7.74. The lowest BCUT2D eigenvalue weighted by atomic mass is 9.76. The number of cyclic esters (lactones) is 1. The van der Waals surface area contributed by atoms with Crippen molar-refractivity contribution in [3.8, 4) is 0 Å². The number of nitro groups is 2. The van der Waals surface area contributed by atoms with E-state index in [4.69, 9.17) is 4.74 Å². The van der Waals surface area contributed by atoms with E-state index in [-0.39, 0.29) is 23.4 Å². The van der Waals surface area contributed by atoms with Gasteiger partial charge in [0.25, 0.3) is 11.4 Å². The topological polar surface area (TPSA) is 130 Å². The average molecular weight is 408 g/mol. The first-order valence-electron chi connectivity index (χ1n) is 9.13. The van der Waals surface area contributed by atoms with E-state index < -0.39 is 33.9 Å². The predicted molar refractivity (Wildman–Crippen MR) is 104 cm³/mol. The molecule has 10 heteroatoms. The molecule has 30 heavy (non-hydrogen) atoms. The summed E-state index contributed by atoms with van der Waals surface area (Å²) < 4.78 is 7.01. The molecule has 1 aromatic heterocycles. The van der Waals surface area contributed by atoms with Crippen molar-refractivity contribution in [1.82, 2.24) is 9.78 Å². The van der Waals surface area contributed by atoms with Gasteiger partial charge in [0.1, 0.15) is 0 Å². The van der Waals surface area contributed by atoms with Crippen molar-refractivity contribution in [2.45, 2.75) is 24.5 Å². The molecule has 4 rings (SSSR count). The van der Waals surface area contributed by atoms with E-state index in [0.717, 1.165) is 0 Å². The Morgan fingerprint density at radius 2 is 1.53 bits per heavy atom. The van der Waals surface area contributed by atoms with Crippen molar-refractivity contribution in [1.29, 1.82) is 0 Å². The average Bonchev–Trinajstić information content (AvgIpc) is 3.28. The van der Waals surface area contributed by atoms with Crippen LogP contribution in [0.2, 0.25) is 0 Å². The van der Waals surface area contributed by atoms with Crippen molar-refractivity contribution in [2.24, 2.45) is 0 Å². The molecule has 152 valence electrons. The van der Waals surface area contributed by atoms with Crippen molar-refractivity contribution in [2.75, 3.05) is 0 Å². The Labute approximate surface area is 170 Å². The molecule has 1 saturated heterocycles. The zero-order valence-electron chi connectivity index (χ0n) is 15.5. The highest BCUT2D eigenvalue weighted by atomic mass is 16.6. The summed E-state index contributed by atoms with van der Waals surface area (Å²) in [5, 5.41) is 27.3. The van der Waals surface area contributed by atoms with Crippen molar-refractivity contribution >= 4 is 17.3 Å². The Bertz CT molecular complexity index is 1110. The largest absolute Gasteiger partial charge is 0.439 e. The molecule has 0 aliphatic carbocycles. The molecule has 1 aliphatic heterocycles. The number of benzene rings is 2. The van der Waals surface area contributed by atoms with Crippen LogP contribution in [0.15, 0.2) is 67.0 Å². The minimum atomic E-state index is -1.07. The Morgan fingerprint density at radius 1 is 0.933 bits per heavy atom. The fraction of sp³-hybridized carbons (Fsp3) is 0.200. The second-order valence-electron chi connectivity index (χ2n) is 6.83. The minimum absolute atomic E-state index is 0.153. The quantitative estimate of drug-likeness (QED) is 0.357. The zero-order chi connectivity index (χ0) is 21.3. The third-order valence-corrected chi connectivity index (χ3v) is 5.19. The lowest BCUT2D eigenvalue weighted by Crippen LogP contribution is -2.34.